The minimum Gasteiger partial charge on any atom is -0.394 e. The summed E-state index contributed by atoms with van der Waals surface area (Å²) in [6.45, 7) is 1.98. The van der Waals surface area contributed by atoms with Crippen LogP contribution in [0.25, 0.3) is 0 Å². The van der Waals surface area contributed by atoms with E-state index in [0.29, 0.717) is 0 Å². The molecule has 0 bridgehead atoms. The number of aliphatic hydroxyl groups is 3. The van der Waals surface area contributed by atoms with Crippen LogP contribution in [0.3, 0.4) is 0 Å². The highest BCUT2D eigenvalue weighted by Gasteiger charge is 2.21. The summed E-state index contributed by atoms with van der Waals surface area (Å²) >= 11 is 4.60. The van der Waals surface area contributed by atoms with Crippen molar-refractivity contribution < 1.29 is 33.4 Å². The summed E-state index contributed by atoms with van der Waals surface area (Å²) in [5.41, 5.74) is 3.94. The second-order valence-corrected chi connectivity index (χ2v) is 5.23. The second kappa shape index (κ2) is 9.21. The van der Waals surface area contributed by atoms with Gasteiger partial charge in [0.1, 0.15) is 0 Å². The molecule has 10 heteroatoms. The topological polar surface area (TPSA) is 142 Å². The zero-order valence-corrected chi connectivity index (χ0v) is 11.3. The van der Waals surface area contributed by atoms with E-state index in [-0.39, 0.29) is 6.10 Å². The fourth-order valence-electron chi connectivity index (χ4n) is 0.433. The van der Waals surface area contributed by atoms with Crippen molar-refractivity contribution in [1.82, 2.24) is 0 Å². The first kappa shape index (κ1) is 19.6. The molecule has 0 rings (SSSR count). The van der Waals surface area contributed by atoms with Crippen LogP contribution in [0, 0.1) is 0 Å². The van der Waals surface area contributed by atoms with E-state index in [1.165, 1.54) is 0 Å². The summed E-state index contributed by atoms with van der Waals surface area (Å²) in [5, 5.41) is 25.0. The van der Waals surface area contributed by atoms with Crippen molar-refractivity contribution in [3.8, 4) is 0 Å². The third kappa shape index (κ3) is 11.1. The minimum absolute atomic E-state index is 0.375. The zero-order valence-electron chi connectivity index (χ0n) is 9.61. The SMILES string of the molecule is CC(C)OP(=O)(O)OCl.NC(CO)(CO)CO. The molecule has 0 saturated heterocycles. The van der Waals surface area contributed by atoms with E-state index in [1.807, 2.05) is 0 Å². The lowest BCUT2D eigenvalue weighted by Crippen LogP contribution is -2.50. The average Bonchev–Trinajstić information content (AvgIpc) is 2.27. The van der Waals surface area contributed by atoms with Crippen molar-refractivity contribution in [2.75, 3.05) is 19.8 Å². The number of hydrogen-bond acceptors (Lipinski definition) is 7. The molecule has 0 fully saturated rings. The van der Waals surface area contributed by atoms with E-state index in [4.69, 9.17) is 25.9 Å². The molecular formula is C7H19ClNO7P. The molecule has 8 nitrogen and oxygen atoms in total. The van der Waals surface area contributed by atoms with Crippen molar-refractivity contribution in [2.45, 2.75) is 25.5 Å². The molecule has 0 saturated carbocycles. The van der Waals surface area contributed by atoms with Gasteiger partial charge in [0.15, 0.2) is 0 Å². The lowest BCUT2D eigenvalue weighted by molar-refractivity contribution is 0.0697. The van der Waals surface area contributed by atoms with Crippen molar-refractivity contribution in [3.63, 3.8) is 0 Å². The maximum Gasteiger partial charge on any atom is 0.488 e. The molecule has 0 radical (unpaired) electrons. The molecule has 0 spiro atoms. The van der Waals surface area contributed by atoms with Crippen LogP contribution in [0.1, 0.15) is 13.8 Å². The molecule has 1 unspecified atom stereocenters. The van der Waals surface area contributed by atoms with E-state index in [2.05, 4.69) is 20.5 Å². The van der Waals surface area contributed by atoms with Crippen molar-refractivity contribution in [2.24, 2.45) is 5.73 Å². The molecule has 106 valence electrons. The van der Waals surface area contributed by atoms with Crippen LogP contribution < -0.4 is 5.73 Å². The third-order valence-corrected chi connectivity index (χ3v) is 2.76. The molecule has 0 aliphatic heterocycles. The van der Waals surface area contributed by atoms with Crippen LogP contribution in [-0.2, 0) is 13.2 Å². The summed E-state index contributed by atoms with van der Waals surface area (Å²) < 4.78 is 18.3. The standard InChI is InChI=1S/C4H11NO3.C3H8ClO4P/c5-4(1-6,2-7)3-8;1-3(2)7-9(5,6)8-4/h6-8H,1-3,5H2;3H,1-2H3,(H,5,6). The van der Waals surface area contributed by atoms with Gasteiger partial charge in [0.25, 0.3) is 0 Å². The number of phosphoric acid groups is 1. The number of rotatable bonds is 6. The minimum atomic E-state index is -3.96. The lowest BCUT2D eigenvalue weighted by Gasteiger charge is -2.20. The van der Waals surface area contributed by atoms with Gasteiger partial charge in [0.05, 0.1) is 43.3 Å². The number of hydrogen-bond donors (Lipinski definition) is 5. The van der Waals surface area contributed by atoms with Crippen molar-refractivity contribution >= 4 is 19.7 Å². The maximum absolute atomic E-state index is 10.4. The van der Waals surface area contributed by atoms with Gasteiger partial charge < -0.3 is 25.9 Å². The number of halogens is 1. The first-order chi connectivity index (χ1) is 7.66. The molecule has 0 aromatic rings. The van der Waals surface area contributed by atoms with E-state index in [1.54, 1.807) is 13.8 Å². The summed E-state index contributed by atoms with van der Waals surface area (Å²) in [7, 11) is -3.96. The summed E-state index contributed by atoms with van der Waals surface area (Å²) in [6, 6.07) is 0. The van der Waals surface area contributed by atoms with Gasteiger partial charge in [-0.15, -0.1) is 0 Å². The quantitative estimate of drug-likeness (QED) is 0.407. The molecule has 0 amide bonds. The number of aliphatic hydroxyl groups excluding tert-OH is 3. The fraction of sp³-hybridized carbons (Fsp3) is 1.00. The summed E-state index contributed by atoms with van der Waals surface area (Å²) in [6.07, 6.45) is -0.375. The normalized spacial score (nSPS) is 15.1. The highest BCUT2D eigenvalue weighted by molar-refractivity contribution is 7.48. The van der Waals surface area contributed by atoms with Gasteiger partial charge in [-0.05, 0) is 13.8 Å². The Morgan fingerprint density at radius 1 is 1.29 bits per heavy atom. The fourth-order valence-corrected chi connectivity index (χ4v) is 1.10. The van der Waals surface area contributed by atoms with E-state index < -0.39 is 33.2 Å². The smallest absolute Gasteiger partial charge is 0.394 e. The highest BCUT2D eigenvalue weighted by atomic mass is 35.5. The molecule has 0 aromatic carbocycles. The first-order valence-electron chi connectivity index (χ1n) is 4.59. The number of nitrogens with two attached hydrogens (primary N) is 1. The zero-order chi connectivity index (χ0) is 14.1. The van der Waals surface area contributed by atoms with Gasteiger partial charge in [0.2, 0.25) is 0 Å². The Morgan fingerprint density at radius 3 is 1.71 bits per heavy atom. The molecule has 0 aliphatic carbocycles. The first-order valence-corrected chi connectivity index (χ1v) is 6.39. The number of phosphoric ester groups is 1. The van der Waals surface area contributed by atoms with E-state index in [9.17, 15) is 4.57 Å². The van der Waals surface area contributed by atoms with Crippen molar-refractivity contribution in [1.29, 1.82) is 0 Å². The Labute approximate surface area is 105 Å². The van der Waals surface area contributed by atoms with Gasteiger partial charge in [-0.2, -0.15) is 4.08 Å². The monoisotopic (exact) mass is 295 g/mol. The Bertz CT molecular complexity index is 228. The molecule has 6 N–H and O–H groups in total. The van der Waals surface area contributed by atoms with Gasteiger partial charge in [-0.1, -0.05) is 0 Å². The maximum atomic E-state index is 10.4. The summed E-state index contributed by atoms with van der Waals surface area (Å²) in [4.78, 5) is 8.47. The van der Waals surface area contributed by atoms with Crippen LogP contribution in [0.2, 0.25) is 0 Å². The Balaban J connectivity index is 0. The molecule has 1 atom stereocenters. The molecule has 0 aliphatic rings. The van der Waals surface area contributed by atoms with Crippen LogP contribution in [0.15, 0.2) is 0 Å². The van der Waals surface area contributed by atoms with E-state index >= 15 is 0 Å². The highest BCUT2D eigenvalue weighted by Crippen LogP contribution is 2.45. The predicted octanol–water partition coefficient (Wildman–Crippen LogP) is -0.657. The summed E-state index contributed by atoms with van der Waals surface area (Å²) in [5.74, 6) is 0. The average molecular weight is 296 g/mol. The van der Waals surface area contributed by atoms with Crippen LogP contribution >= 0.6 is 19.7 Å². The molecule has 0 aromatic heterocycles. The Hall–Kier alpha value is 0.240. The van der Waals surface area contributed by atoms with Gasteiger partial charge >= 0.3 is 7.82 Å². The third-order valence-electron chi connectivity index (χ3n) is 1.38. The van der Waals surface area contributed by atoms with Gasteiger partial charge in [-0.25, -0.2) is 4.57 Å². The van der Waals surface area contributed by atoms with Gasteiger partial charge in [-0.3, -0.25) is 4.52 Å². The van der Waals surface area contributed by atoms with E-state index in [0.717, 1.165) is 0 Å². The van der Waals surface area contributed by atoms with Crippen LogP contribution in [0.4, 0.5) is 0 Å². The lowest BCUT2D eigenvalue weighted by atomic mass is 10.1. The molecule has 0 heterocycles. The Kier molecular flexibility index (Phi) is 10.6. The Morgan fingerprint density at radius 2 is 1.65 bits per heavy atom. The largest absolute Gasteiger partial charge is 0.488 e. The van der Waals surface area contributed by atoms with Crippen LogP contribution in [0.5, 0.6) is 0 Å². The van der Waals surface area contributed by atoms with Gasteiger partial charge in [0, 0.05) is 0 Å². The predicted molar refractivity (Wildman–Crippen MR) is 61.2 cm³/mol. The second-order valence-electron chi connectivity index (χ2n) is 3.53. The van der Waals surface area contributed by atoms with Crippen LogP contribution in [-0.4, -0.2) is 51.7 Å². The molecular weight excluding hydrogens is 277 g/mol. The van der Waals surface area contributed by atoms with Crippen molar-refractivity contribution in [3.05, 3.63) is 0 Å². The molecule has 17 heavy (non-hydrogen) atoms.